The fourth-order valence-corrected chi connectivity index (χ4v) is 5.36. The second kappa shape index (κ2) is 8.87. The summed E-state index contributed by atoms with van der Waals surface area (Å²) < 4.78 is 20.7. The van der Waals surface area contributed by atoms with Crippen molar-refractivity contribution < 1.29 is 18.9 Å². The Morgan fingerprint density at radius 3 is 2.48 bits per heavy atom. The molecule has 0 bridgehead atoms. The summed E-state index contributed by atoms with van der Waals surface area (Å²) in [4.78, 5) is 16.9. The third-order valence-corrected chi connectivity index (χ3v) is 6.64. The van der Waals surface area contributed by atoms with Crippen molar-refractivity contribution in [2.45, 2.75) is 37.8 Å². The van der Waals surface area contributed by atoms with Gasteiger partial charge in [-0.1, -0.05) is 18.2 Å². The van der Waals surface area contributed by atoms with Crippen molar-refractivity contribution in [2.24, 2.45) is 0 Å². The highest BCUT2D eigenvalue weighted by Crippen LogP contribution is 2.42. The van der Waals surface area contributed by atoms with Crippen LogP contribution in [0.15, 0.2) is 65.6 Å². The first-order valence-electron chi connectivity index (χ1n) is 9.86. The minimum atomic E-state index is -1.46. The zero-order chi connectivity index (χ0) is 22.0. The first-order valence-corrected chi connectivity index (χ1v) is 11.0. The van der Waals surface area contributed by atoms with Crippen molar-refractivity contribution in [3.05, 3.63) is 83.2 Å². The molecule has 3 aromatic rings. The number of benzene rings is 2. The lowest BCUT2D eigenvalue weighted by atomic mass is 10.0. The SMILES string of the molecule is Cc1cc(COc2ccc(N3C(CC(=O)NO)c4ccccc4S3=O)cc2)cc(C)n1. The molecule has 2 heterocycles. The number of fused-ring (bicyclic) bond motifs is 1. The van der Waals surface area contributed by atoms with E-state index >= 15 is 0 Å². The first kappa shape index (κ1) is 21.0. The van der Waals surface area contributed by atoms with Gasteiger partial charge in [0.25, 0.3) is 0 Å². The van der Waals surface area contributed by atoms with Gasteiger partial charge in [-0.3, -0.25) is 19.3 Å². The van der Waals surface area contributed by atoms with Crippen LogP contribution in [0.25, 0.3) is 0 Å². The number of hydrogen-bond donors (Lipinski definition) is 2. The van der Waals surface area contributed by atoms with Crippen LogP contribution in [0.1, 0.15) is 35.0 Å². The average Bonchev–Trinajstić information content (AvgIpc) is 3.04. The maximum atomic E-state index is 13.1. The summed E-state index contributed by atoms with van der Waals surface area (Å²) in [7, 11) is -1.46. The Labute approximate surface area is 183 Å². The number of anilines is 1. The highest BCUT2D eigenvalue weighted by molar-refractivity contribution is 7.87. The minimum Gasteiger partial charge on any atom is -0.489 e. The lowest BCUT2D eigenvalue weighted by Crippen LogP contribution is -2.29. The number of carbonyl (C=O) groups is 1. The van der Waals surface area contributed by atoms with Gasteiger partial charge in [0.1, 0.15) is 12.4 Å². The average molecular weight is 438 g/mol. The summed E-state index contributed by atoms with van der Waals surface area (Å²) in [5.41, 5.74) is 6.12. The number of aromatic nitrogens is 1. The van der Waals surface area contributed by atoms with Crippen molar-refractivity contribution in [1.82, 2.24) is 10.5 Å². The largest absolute Gasteiger partial charge is 0.489 e. The summed E-state index contributed by atoms with van der Waals surface area (Å²) in [6.45, 7) is 4.32. The number of nitrogens with zero attached hydrogens (tertiary/aromatic N) is 2. The van der Waals surface area contributed by atoms with Crippen LogP contribution in [0.5, 0.6) is 5.75 Å². The van der Waals surface area contributed by atoms with E-state index in [0.717, 1.165) is 22.5 Å². The van der Waals surface area contributed by atoms with Crippen molar-refractivity contribution in [3.63, 3.8) is 0 Å². The molecule has 1 aliphatic heterocycles. The van der Waals surface area contributed by atoms with Crippen molar-refractivity contribution in [1.29, 1.82) is 0 Å². The zero-order valence-electron chi connectivity index (χ0n) is 17.2. The number of ether oxygens (including phenoxy) is 1. The number of pyridine rings is 1. The molecule has 0 radical (unpaired) electrons. The fraction of sp³-hybridized carbons (Fsp3) is 0.217. The molecule has 0 saturated heterocycles. The van der Waals surface area contributed by atoms with E-state index in [4.69, 9.17) is 9.94 Å². The van der Waals surface area contributed by atoms with Crippen molar-refractivity contribution in [2.75, 3.05) is 4.31 Å². The molecule has 8 heteroatoms. The Kier molecular flexibility index (Phi) is 6.01. The number of rotatable bonds is 6. The first-order chi connectivity index (χ1) is 15.0. The lowest BCUT2D eigenvalue weighted by molar-refractivity contribution is -0.129. The molecule has 1 amide bonds. The Bertz CT molecular complexity index is 1110. The number of hydroxylamine groups is 1. The van der Waals surface area contributed by atoms with Gasteiger partial charge in [0.2, 0.25) is 5.91 Å². The van der Waals surface area contributed by atoms with Crippen molar-refractivity contribution >= 4 is 22.6 Å². The number of nitrogens with one attached hydrogen (secondary N) is 1. The van der Waals surface area contributed by atoms with E-state index in [2.05, 4.69) is 4.98 Å². The van der Waals surface area contributed by atoms with Gasteiger partial charge >= 0.3 is 0 Å². The molecular weight excluding hydrogens is 414 g/mol. The number of hydrogen-bond acceptors (Lipinski definition) is 5. The van der Waals surface area contributed by atoms with Gasteiger partial charge in [0, 0.05) is 11.4 Å². The molecule has 1 aromatic heterocycles. The van der Waals surface area contributed by atoms with Gasteiger partial charge in [0.15, 0.2) is 11.0 Å². The predicted molar refractivity (Wildman–Crippen MR) is 117 cm³/mol. The summed E-state index contributed by atoms with van der Waals surface area (Å²) in [5.74, 6) is 0.148. The van der Waals surface area contributed by atoms with Gasteiger partial charge in [-0.25, -0.2) is 9.69 Å². The molecule has 7 nitrogen and oxygen atoms in total. The highest BCUT2D eigenvalue weighted by atomic mass is 32.2. The number of carbonyl (C=O) groups excluding carboxylic acids is 1. The molecule has 2 aromatic carbocycles. The number of aryl methyl sites for hydroxylation is 2. The van der Waals surface area contributed by atoms with E-state index in [1.807, 2.05) is 68.4 Å². The van der Waals surface area contributed by atoms with E-state index < -0.39 is 22.9 Å². The highest BCUT2D eigenvalue weighted by Gasteiger charge is 2.37. The minimum absolute atomic E-state index is 0.0156. The maximum Gasteiger partial charge on any atom is 0.245 e. The Balaban J connectivity index is 1.54. The van der Waals surface area contributed by atoms with E-state index in [0.29, 0.717) is 22.9 Å². The molecule has 31 heavy (non-hydrogen) atoms. The second-order valence-corrected chi connectivity index (χ2v) is 8.74. The Hall–Kier alpha value is -3.23. The van der Waals surface area contributed by atoms with Crippen LogP contribution >= 0.6 is 0 Å². The summed E-state index contributed by atoms with van der Waals surface area (Å²) in [5, 5.41) is 8.98. The van der Waals surface area contributed by atoms with Crippen molar-refractivity contribution in [3.8, 4) is 5.75 Å². The van der Waals surface area contributed by atoms with Crippen LogP contribution in [-0.4, -0.2) is 20.3 Å². The molecule has 2 atom stereocenters. The van der Waals surface area contributed by atoms with Gasteiger partial charge in [-0.05, 0) is 67.4 Å². The molecule has 0 spiro atoms. The summed E-state index contributed by atoms with van der Waals surface area (Å²) >= 11 is 0. The third-order valence-electron chi connectivity index (χ3n) is 5.07. The van der Waals surface area contributed by atoms with Gasteiger partial charge in [-0.15, -0.1) is 0 Å². The standard InChI is InChI=1S/C23H23N3O4S/c1-15-11-17(12-16(2)24-15)14-30-19-9-7-18(8-10-19)26-21(13-23(27)25-28)20-5-3-4-6-22(20)31(26)29/h3-12,21,28H,13-14H2,1-2H3,(H,25,27). The van der Waals surface area contributed by atoms with Gasteiger partial charge < -0.3 is 4.74 Å². The maximum absolute atomic E-state index is 13.1. The van der Waals surface area contributed by atoms with E-state index in [1.54, 1.807) is 15.9 Å². The lowest BCUT2D eigenvalue weighted by Gasteiger charge is -2.25. The molecule has 0 aliphatic carbocycles. The molecule has 2 N–H and O–H groups in total. The molecule has 0 fully saturated rings. The van der Waals surface area contributed by atoms with E-state index in [1.165, 1.54) is 0 Å². The molecule has 4 rings (SSSR count). The normalized spacial score (nSPS) is 17.3. The smallest absolute Gasteiger partial charge is 0.245 e. The Morgan fingerprint density at radius 2 is 1.81 bits per heavy atom. The second-order valence-electron chi connectivity index (χ2n) is 7.41. The Morgan fingerprint density at radius 1 is 1.13 bits per heavy atom. The van der Waals surface area contributed by atoms with Crippen LogP contribution in [-0.2, 0) is 22.4 Å². The quantitative estimate of drug-likeness (QED) is 0.453. The fourth-order valence-electron chi connectivity index (χ4n) is 3.81. The van der Waals surface area contributed by atoms with Crippen LogP contribution in [0.2, 0.25) is 0 Å². The van der Waals surface area contributed by atoms with Crippen LogP contribution in [0, 0.1) is 13.8 Å². The third kappa shape index (κ3) is 4.45. The van der Waals surface area contributed by atoms with Gasteiger partial charge in [-0.2, -0.15) is 0 Å². The molecule has 1 aliphatic rings. The van der Waals surface area contributed by atoms with Crippen LogP contribution < -0.4 is 14.5 Å². The molecule has 160 valence electrons. The van der Waals surface area contributed by atoms with Gasteiger partial charge in [0.05, 0.1) is 23.0 Å². The predicted octanol–water partition coefficient (Wildman–Crippen LogP) is 3.76. The summed E-state index contributed by atoms with van der Waals surface area (Å²) in [6, 6.07) is 18.2. The van der Waals surface area contributed by atoms with E-state index in [-0.39, 0.29) is 6.42 Å². The topological polar surface area (TPSA) is 91.8 Å². The van der Waals surface area contributed by atoms with Crippen LogP contribution in [0.3, 0.4) is 0 Å². The molecule has 0 saturated carbocycles. The monoisotopic (exact) mass is 437 g/mol. The molecule has 2 unspecified atom stereocenters. The van der Waals surface area contributed by atoms with Crippen LogP contribution in [0.4, 0.5) is 5.69 Å². The zero-order valence-corrected chi connectivity index (χ0v) is 18.1. The van der Waals surface area contributed by atoms with E-state index in [9.17, 15) is 9.00 Å². The number of amides is 1. The summed E-state index contributed by atoms with van der Waals surface area (Å²) in [6.07, 6.45) is -0.0156. The molecular formula is C23H23N3O4S.